The molecule has 3 heterocycles. The summed E-state index contributed by atoms with van der Waals surface area (Å²) in [4.78, 5) is 16.6. The van der Waals surface area contributed by atoms with E-state index in [9.17, 15) is 8.42 Å². The first kappa shape index (κ1) is 25.6. The van der Waals surface area contributed by atoms with Gasteiger partial charge in [0.25, 0.3) is 5.89 Å². The minimum absolute atomic E-state index is 0.00881. The number of nitrogens with zero attached hydrogens (tertiary/aromatic N) is 5. The number of rotatable bonds is 9. The van der Waals surface area contributed by atoms with Gasteiger partial charge in [0.05, 0.1) is 22.7 Å². The van der Waals surface area contributed by atoms with Gasteiger partial charge in [0, 0.05) is 23.3 Å². The number of methoxy groups -OCH3 is 1. The van der Waals surface area contributed by atoms with E-state index in [2.05, 4.69) is 30.4 Å². The summed E-state index contributed by atoms with van der Waals surface area (Å²) in [5.74, 6) is 0.905. The lowest BCUT2D eigenvalue weighted by atomic mass is 10.2. The van der Waals surface area contributed by atoms with Gasteiger partial charge in [0.1, 0.15) is 17.9 Å². The third-order valence-electron chi connectivity index (χ3n) is 5.24. The molecule has 5 aromatic rings. The smallest absolute Gasteiger partial charge is 0.264 e. The molecule has 0 saturated heterocycles. The zero-order valence-corrected chi connectivity index (χ0v) is 22.0. The second kappa shape index (κ2) is 10.8. The largest absolute Gasteiger partial charge is 0.493 e. The Hall–Kier alpha value is -4.00. The summed E-state index contributed by atoms with van der Waals surface area (Å²) >= 11 is 12.1. The van der Waals surface area contributed by atoms with Gasteiger partial charge < -0.3 is 19.3 Å². The number of fused-ring (bicyclic) bond motifs is 1. The van der Waals surface area contributed by atoms with Crippen LogP contribution >= 0.6 is 23.2 Å². The average Bonchev–Trinajstić information content (AvgIpc) is 3.36. The van der Waals surface area contributed by atoms with Gasteiger partial charge >= 0.3 is 0 Å². The van der Waals surface area contributed by atoms with Crippen LogP contribution in [0.25, 0.3) is 10.9 Å². The molecular formula is C24H18Cl2N6O5S. The summed E-state index contributed by atoms with van der Waals surface area (Å²) in [6.45, 7) is -0.127. The van der Waals surface area contributed by atoms with Gasteiger partial charge in [0.2, 0.25) is 9.84 Å². The summed E-state index contributed by atoms with van der Waals surface area (Å²) in [7, 11) is -2.23. The molecule has 0 unspecified atom stereocenters. The van der Waals surface area contributed by atoms with Crippen molar-refractivity contribution >= 4 is 55.4 Å². The van der Waals surface area contributed by atoms with E-state index in [4.69, 9.17) is 37.2 Å². The highest BCUT2D eigenvalue weighted by atomic mass is 35.5. The molecule has 5 rings (SSSR count). The molecule has 14 heteroatoms. The van der Waals surface area contributed by atoms with Crippen molar-refractivity contribution in [2.75, 3.05) is 12.4 Å². The SMILES string of the molecule is COc1cc2c(Nc3ccc(Cl)c(Cl)c3)ncnc2cc1OCc1nc(CS(=O)(=O)c2ccccn2)no1. The maximum Gasteiger partial charge on any atom is 0.264 e. The van der Waals surface area contributed by atoms with Crippen LogP contribution in [-0.4, -0.2) is 40.6 Å². The molecule has 38 heavy (non-hydrogen) atoms. The number of nitrogens with one attached hydrogen (secondary N) is 1. The minimum atomic E-state index is -3.72. The number of aromatic nitrogens is 5. The molecule has 3 aromatic heterocycles. The van der Waals surface area contributed by atoms with Gasteiger partial charge in [-0.3, -0.25) is 0 Å². The quantitative estimate of drug-likeness (QED) is 0.254. The molecule has 1 N–H and O–H groups in total. The maximum atomic E-state index is 12.5. The van der Waals surface area contributed by atoms with E-state index in [0.717, 1.165) is 0 Å². The van der Waals surface area contributed by atoms with Crippen LogP contribution in [0.4, 0.5) is 11.5 Å². The van der Waals surface area contributed by atoms with Crippen LogP contribution in [-0.2, 0) is 22.2 Å². The van der Waals surface area contributed by atoms with Gasteiger partial charge in [-0.05, 0) is 36.4 Å². The fourth-order valence-electron chi connectivity index (χ4n) is 3.47. The van der Waals surface area contributed by atoms with Crippen LogP contribution in [0.2, 0.25) is 10.0 Å². The number of hydrogen-bond donors (Lipinski definition) is 1. The highest BCUT2D eigenvalue weighted by molar-refractivity contribution is 7.90. The molecule has 0 aliphatic rings. The molecule has 0 aliphatic heterocycles. The van der Waals surface area contributed by atoms with E-state index in [0.29, 0.717) is 44.0 Å². The molecule has 0 fully saturated rings. The van der Waals surface area contributed by atoms with Gasteiger partial charge in [-0.25, -0.2) is 23.4 Å². The number of benzene rings is 2. The molecule has 2 aromatic carbocycles. The minimum Gasteiger partial charge on any atom is -0.493 e. The normalized spacial score (nSPS) is 11.4. The van der Waals surface area contributed by atoms with Crippen molar-refractivity contribution in [1.29, 1.82) is 0 Å². The molecule has 11 nitrogen and oxygen atoms in total. The topological polar surface area (TPSA) is 142 Å². The summed E-state index contributed by atoms with van der Waals surface area (Å²) in [5, 5.41) is 8.39. The number of anilines is 2. The Morgan fingerprint density at radius 2 is 1.87 bits per heavy atom. The fraction of sp³-hybridized carbons (Fsp3) is 0.125. The summed E-state index contributed by atoms with van der Waals surface area (Å²) in [6.07, 6.45) is 2.81. The van der Waals surface area contributed by atoms with E-state index in [-0.39, 0.29) is 23.3 Å². The van der Waals surface area contributed by atoms with E-state index in [1.165, 1.54) is 25.7 Å². The molecule has 194 valence electrons. The number of pyridine rings is 1. The number of hydrogen-bond acceptors (Lipinski definition) is 11. The Labute approximate surface area is 226 Å². The lowest BCUT2D eigenvalue weighted by molar-refractivity contribution is 0.233. The standard InChI is InChI=1S/C24H18Cl2N6O5S/c1-35-19-9-15-18(28-13-29-24(15)30-14-5-6-16(25)17(26)8-14)10-20(19)36-11-22-31-21(32-37-22)12-38(33,34)23-4-2-3-7-27-23/h2-10,13H,11-12H2,1H3,(H,28,29,30). The van der Waals surface area contributed by atoms with Crippen molar-refractivity contribution in [2.45, 2.75) is 17.4 Å². The number of sulfone groups is 1. The summed E-state index contributed by atoms with van der Waals surface area (Å²) in [5.41, 5.74) is 1.27. The molecule has 0 saturated carbocycles. The van der Waals surface area contributed by atoms with Gasteiger partial charge in [-0.15, -0.1) is 0 Å². The van der Waals surface area contributed by atoms with Crippen LogP contribution in [0.15, 0.2) is 70.6 Å². The van der Waals surface area contributed by atoms with Crippen molar-refractivity contribution in [3.05, 3.63) is 82.8 Å². The lowest BCUT2D eigenvalue weighted by Gasteiger charge is -2.13. The van der Waals surface area contributed by atoms with Crippen molar-refractivity contribution in [1.82, 2.24) is 25.1 Å². The van der Waals surface area contributed by atoms with Crippen LogP contribution in [0, 0.1) is 0 Å². The zero-order chi connectivity index (χ0) is 26.7. The second-order valence-electron chi connectivity index (χ2n) is 7.82. The Balaban J connectivity index is 1.33. The first-order chi connectivity index (χ1) is 18.3. The van der Waals surface area contributed by atoms with Crippen LogP contribution in [0.3, 0.4) is 0 Å². The van der Waals surface area contributed by atoms with Crippen LogP contribution in [0.1, 0.15) is 11.7 Å². The summed E-state index contributed by atoms with van der Waals surface area (Å²) < 4.78 is 41.5. The van der Waals surface area contributed by atoms with Crippen molar-refractivity contribution in [3.63, 3.8) is 0 Å². The molecular weight excluding hydrogens is 555 g/mol. The average molecular weight is 573 g/mol. The molecule has 0 atom stereocenters. The van der Waals surface area contributed by atoms with Crippen LogP contribution in [0.5, 0.6) is 11.5 Å². The highest BCUT2D eigenvalue weighted by Crippen LogP contribution is 2.35. The first-order valence-corrected chi connectivity index (χ1v) is 13.4. The zero-order valence-electron chi connectivity index (χ0n) is 19.6. The number of halogens is 2. The third kappa shape index (κ3) is 5.62. The lowest BCUT2D eigenvalue weighted by Crippen LogP contribution is -2.08. The van der Waals surface area contributed by atoms with Crippen molar-refractivity contribution < 1.29 is 22.4 Å². The molecule has 0 bridgehead atoms. The Morgan fingerprint density at radius 1 is 1.00 bits per heavy atom. The van der Waals surface area contributed by atoms with Crippen molar-refractivity contribution in [2.24, 2.45) is 0 Å². The first-order valence-electron chi connectivity index (χ1n) is 11.0. The van der Waals surface area contributed by atoms with Gasteiger partial charge in [0.15, 0.2) is 29.0 Å². The fourth-order valence-corrected chi connectivity index (χ4v) is 4.88. The molecule has 0 radical (unpaired) electrons. The van der Waals surface area contributed by atoms with Gasteiger partial charge in [-0.1, -0.05) is 34.4 Å². The van der Waals surface area contributed by atoms with E-state index in [1.807, 2.05) is 0 Å². The van der Waals surface area contributed by atoms with Gasteiger partial charge in [-0.2, -0.15) is 4.98 Å². The predicted octanol–water partition coefficient (Wildman–Crippen LogP) is 5.02. The Morgan fingerprint density at radius 3 is 2.63 bits per heavy atom. The molecule has 0 aliphatic carbocycles. The third-order valence-corrected chi connectivity index (χ3v) is 7.50. The van der Waals surface area contributed by atoms with Crippen LogP contribution < -0.4 is 14.8 Å². The molecule has 0 amide bonds. The highest BCUT2D eigenvalue weighted by Gasteiger charge is 2.21. The molecule has 0 spiro atoms. The van der Waals surface area contributed by atoms with E-state index in [1.54, 1.807) is 42.5 Å². The predicted molar refractivity (Wildman–Crippen MR) is 140 cm³/mol. The second-order valence-corrected chi connectivity index (χ2v) is 10.6. The Bertz CT molecular complexity index is 1720. The number of ether oxygens (including phenoxy) is 2. The van der Waals surface area contributed by atoms with E-state index < -0.39 is 15.6 Å². The monoisotopic (exact) mass is 572 g/mol. The Kier molecular flexibility index (Phi) is 7.27. The summed E-state index contributed by atoms with van der Waals surface area (Å²) in [6, 6.07) is 13.2. The van der Waals surface area contributed by atoms with E-state index >= 15 is 0 Å². The van der Waals surface area contributed by atoms with Crippen molar-refractivity contribution in [3.8, 4) is 11.5 Å². The maximum absolute atomic E-state index is 12.5.